The van der Waals surface area contributed by atoms with Crippen LogP contribution in [0.25, 0.3) is 175 Å². The van der Waals surface area contributed by atoms with Crippen molar-refractivity contribution < 1.29 is 13.3 Å². The van der Waals surface area contributed by atoms with Gasteiger partial charge in [0.1, 0.15) is 33.5 Å². The molecule has 0 aliphatic rings. The van der Waals surface area contributed by atoms with Crippen molar-refractivity contribution in [2.75, 3.05) is 0 Å². The molecule has 3 aromatic heterocycles. The van der Waals surface area contributed by atoms with Crippen LogP contribution >= 0.6 is 0 Å². The highest BCUT2D eigenvalue weighted by molar-refractivity contribution is 6.37. The topological polar surface area (TPSA) is 39.4 Å². The molecule has 3 nitrogen and oxygen atoms in total. The zero-order valence-corrected chi connectivity index (χ0v) is 40.3. The van der Waals surface area contributed by atoms with Crippen molar-refractivity contribution in [3.63, 3.8) is 0 Å². The molecule has 14 aromatic carbocycles. The summed E-state index contributed by atoms with van der Waals surface area (Å²) in [5.74, 6) is 0. The van der Waals surface area contributed by atoms with E-state index < -0.39 is 0 Å². The molecule has 0 amide bonds. The predicted molar refractivity (Wildman–Crippen MR) is 315 cm³/mol. The Morgan fingerprint density at radius 3 is 1.09 bits per heavy atom. The second-order valence-electron chi connectivity index (χ2n) is 20.1. The van der Waals surface area contributed by atoms with Gasteiger partial charge in [0, 0.05) is 60.0 Å². The van der Waals surface area contributed by atoms with Gasteiger partial charge in [0.2, 0.25) is 0 Å². The first-order valence-corrected chi connectivity index (χ1v) is 25.7. The molecule has 3 heteroatoms. The number of furan rings is 3. The van der Waals surface area contributed by atoms with Gasteiger partial charge in [0.15, 0.2) is 0 Å². The highest BCUT2D eigenvalue weighted by Gasteiger charge is 2.28. The van der Waals surface area contributed by atoms with Gasteiger partial charge in [-0.2, -0.15) is 0 Å². The first kappa shape index (κ1) is 40.6. The normalized spacial score (nSPS) is 12.3. The second kappa shape index (κ2) is 15.3. The van der Waals surface area contributed by atoms with E-state index in [0.29, 0.717) is 0 Å². The molecule has 0 fully saturated rings. The molecule has 0 N–H and O–H groups in total. The van der Waals surface area contributed by atoms with Crippen LogP contribution in [0.4, 0.5) is 0 Å². The molecular formula is C72H40O3. The maximum absolute atomic E-state index is 7.25. The third-order valence-corrected chi connectivity index (χ3v) is 16.2. The monoisotopic (exact) mass is 952 g/mol. The Balaban J connectivity index is 1.01. The molecule has 17 rings (SSSR count). The Morgan fingerprint density at radius 2 is 0.587 bits per heavy atom. The van der Waals surface area contributed by atoms with Gasteiger partial charge in [-0.15, -0.1) is 0 Å². The zero-order chi connectivity index (χ0) is 48.9. The van der Waals surface area contributed by atoms with Crippen LogP contribution in [0.2, 0.25) is 0 Å². The van der Waals surface area contributed by atoms with Crippen molar-refractivity contribution >= 4 is 130 Å². The molecule has 0 bridgehead atoms. The van der Waals surface area contributed by atoms with Crippen LogP contribution in [0.3, 0.4) is 0 Å². The first-order valence-electron chi connectivity index (χ1n) is 25.7. The fourth-order valence-corrected chi connectivity index (χ4v) is 13.1. The van der Waals surface area contributed by atoms with Gasteiger partial charge in [-0.3, -0.25) is 0 Å². The molecular weight excluding hydrogens is 913 g/mol. The van der Waals surface area contributed by atoms with Crippen molar-refractivity contribution in [2.24, 2.45) is 0 Å². The lowest BCUT2D eigenvalue weighted by atomic mass is 9.83. The molecule has 0 radical (unpaired) electrons. The molecule has 75 heavy (non-hydrogen) atoms. The highest BCUT2D eigenvalue weighted by Crippen LogP contribution is 2.54. The third-order valence-electron chi connectivity index (χ3n) is 16.2. The molecule has 0 aliphatic carbocycles. The van der Waals surface area contributed by atoms with Gasteiger partial charge in [-0.25, -0.2) is 0 Å². The van der Waals surface area contributed by atoms with Crippen molar-refractivity contribution in [3.8, 4) is 44.5 Å². The smallest absolute Gasteiger partial charge is 0.143 e. The summed E-state index contributed by atoms with van der Waals surface area (Å²) in [6.07, 6.45) is 0. The van der Waals surface area contributed by atoms with E-state index in [4.69, 9.17) is 13.3 Å². The van der Waals surface area contributed by atoms with E-state index in [9.17, 15) is 0 Å². The first-order chi connectivity index (χ1) is 37.2. The van der Waals surface area contributed by atoms with Gasteiger partial charge in [-0.1, -0.05) is 194 Å². The standard InChI is InChI=1S/C72H40O3/c1-2-18-41(19-3-1)64-46-22-6-10-26-50(46)67(51-27-11-7-23-47(51)64)58-38-45-39-59(72-70(55-31-15-17-33-61(55)75-72)66(45)69-54-30-14-16-32-60(54)74-71(58)69)68-52-28-12-8-24-48(52)65(49-25-9-13-29-53(49)68)44-34-35-62-56(37-44)57-36-42-20-4-5-21-43(42)40-63(57)73-62/h1-40H. The lowest BCUT2D eigenvalue weighted by Gasteiger charge is -2.20. The van der Waals surface area contributed by atoms with Crippen LogP contribution in [0.1, 0.15) is 0 Å². The van der Waals surface area contributed by atoms with Crippen molar-refractivity contribution in [2.45, 2.75) is 0 Å². The van der Waals surface area contributed by atoms with Gasteiger partial charge in [-0.05, 0) is 130 Å². The van der Waals surface area contributed by atoms with Crippen LogP contribution < -0.4 is 0 Å². The quantitative estimate of drug-likeness (QED) is 0.165. The molecule has 0 saturated heterocycles. The van der Waals surface area contributed by atoms with Gasteiger partial charge >= 0.3 is 0 Å². The fourth-order valence-electron chi connectivity index (χ4n) is 13.1. The zero-order valence-electron chi connectivity index (χ0n) is 40.3. The summed E-state index contributed by atoms with van der Waals surface area (Å²) in [5.41, 5.74) is 14.3. The van der Waals surface area contributed by atoms with Crippen LogP contribution in [0.5, 0.6) is 0 Å². The van der Waals surface area contributed by atoms with Crippen molar-refractivity contribution in [3.05, 3.63) is 243 Å². The molecule has 0 atom stereocenters. The van der Waals surface area contributed by atoms with Crippen LogP contribution in [0.15, 0.2) is 256 Å². The van der Waals surface area contributed by atoms with E-state index in [0.717, 1.165) is 115 Å². The summed E-state index contributed by atoms with van der Waals surface area (Å²) in [6.45, 7) is 0. The van der Waals surface area contributed by atoms with E-state index >= 15 is 0 Å². The maximum atomic E-state index is 7.25. The molecule has 3 heterocycles. The van der Waals surface area contributed by atoms with E-state index in [1.165, 1.54) is 59.8 Å². The van der Waals surface area contributed by atoms with Crippen molar-refractivity contribution in [1.29, 1.82) is 0 Å². The van der Waals surface area contributed by atoms with Gasteiger partial charge in [0.25, 0.3) is 0 Å². The number of para-hydroxylation sites is 2. The summed E-state index contributed by atoms with van der Waals surface area (Å²) in [5, 5.41) is 20.5. The van der Waals surface area contributed by atoms with E-state index in [1.807, 2.05) is 0 Å². The highest BCUT2D eigenvalue weighted by atomic mass is 16.3. The minimum atomic E-state index is 0.846. The average Bonchev–Trinajstić information content (AvgIpc) is 4.25. The second-order valence-corrected chi connectivity index (χ2v) is 20.1. The molecule has 0 spiro atoms. The number of hydrogen-bond donors (Lipinski definition) is 0. The molecule has 0 saturated carbocycles. The molecule has 17 aromatic rings. The van der Waals surface area contributed by atoms with Gasteiger partial charge < -0.3 is 13.3 Å². The number of hydrogen-bond acceptors (Lipinski definition) is 3. The van der Waals surface area contributed by atoms with Crippen LogP contribution in [0, 0.1) is 0 Å². The SMILES string of the molecule is c1ccc(-c2c3ccccc3c(-c3cc4cc(-c5c6ccccc6c(-c6ccc7oc8cc9ccccc9cc8c7c6)c6ccccc56)c5oc6ccccc6c5c4c4c3oc3ccccc34)c3ccccc23)cc1. The van der Waals surface area contributed by atoms with Crippen LogP contribution in [-0.2, 0) is 0 Å². The summed E-state index contributed by atoms with van der Waals surface area (Å²) < 4.78 is 21.0. The predicted octanol–water partition coefficient (Wildman–Crippen LogP) is 21.0. The largest absolute Gasteiger partial charge is 0.456 e. The Hall–Kier alpha value is -9.96. The number of rotatable bonds is 4. The Labute approximate surface area is 428 Å². The fraction of sp³-hybridized carbons (Fsp3) is 0. The Morgan fingerprint density at radius 1 is 0.200 bits per heavy atom. The number of benzene rings is 14. The minimum absolute atomic E-state index is 0.846. The number of fused-ring (bicyclic) bond motifs is 17. The van der Waals surface area contributed by atoms with E-state index in [2.05, 4.69) is 243 Å². The lowest BCUT2D eigenvalue weighted by Crippen LogP contribution is -1.93. The maximum Gasteiger partial charge on any atom is 0.143 e. The Kier molecular flexibility index (Phi) is 8.28. The molecule has 346 valence electrons. The summed E-state index contributed by atoms with van der Waals surface area (Å²) >= 11 is 0. The molecule has 0 unspecified atom stereocenters. The van der Waals surface area contributed by atoms with Crippen molar-refractivity contribution in [1.82, 2.24) is 0 Å². The summed E-state index contributed by atoms with van der Waals surface area (Å²) in [7, 11) is 0. The average molecular weight is 953 g/mol. The summed E-state index contributed by atoms with van der Waals surface area (Å²) in [4.78, 5) is 0. The molecule has 0 aliphatic heterocycles. The van der Waals surface area contributed by atoms with E-state index in [1.54, 1.807) is 0 Å². The Bertz CT molecular complexity index is 5190. The van der Waals surface area contributed by atoms with Gasteiger partial charge in [0.05, 0.1) is 0 Å². The summed E-state index contributed by atoms with van der Waals surface area (Å²) in [6, 6.07) is 88.0. The third kappa shape index (κ3) is 5.70. The minimum Gasteiger partial charge on any atom is -0.456 e. The lowest BCUT2D eigenvalue weighted by molar-refractivity contribution is 0.669. The van der Waals surface area contributed by atoms with E-state index in [-0.39, 0.29) is 0 Å². The van der Waals surface area contributed by atoms with Crippen LogP contribution in [-0.4, -0.2) is 0 Å².